The Morgan fingerprint density at radius 3 is 3.00 bits per heavy atom. The van der Waals surface area contributed by atoms with Gasteiger partial charge < -0.3 is 24.3 Å². The highest BCUT2D eigenvalue weighted by molar-refractivity contribution is 5.48. The molecule has 1 aliphatic rings. The van der Waals surface area contributed by atoms with E-state index in [4.69, 9.17) is 13.9 Å². The monoisotopic (exact) mass is 261 g/mol. The standard InChI is InChI=1S/C14H15NO4/c16-11(12-5-2-6-17-12)8-15-7-10-3-1-4-13-14(10)19-9-18-13/h1-6,11,15-16H,7-9H2. The minimum atomic E-state index is -0.649. The highest BCUT2D eigenvalue weighted by Crippen LogP contribution is 2.35. The zero-order valence-corrected chi connectivity index (χ0v) is 10.3. The number of rotatable bonds is 5. The number of furan rings is 1. The molecule has 0 amide bonds. The van der Waals surface area contributed by atoms with Crippen LogP contribution in [0.1, 0.15) is 17.4 Å². The van der Waals surface area contributed by atoms with E-state index < -0.39 is 6.10 Å². The lowest BCUT2D eigenvalue weighted by Crippen LogP contribution is -2.21. The van der Waals surface area contributed by atoms with Crippen LogP contribution in [0.3, 0.4) is 0 Å². The third kappa shape index (κ3) is 2.57. The third-order valence-corrected chi connectivity index (χ3v) is 3.00. The first kappa shape index (κ1) is 12.1. The summed E-state index contributed by atoms with van der Waals surface area (Å²) >= 11 is 0. The molecule has 1 unspecified atom stereocenters. The van der Waals surface area contributed by atoms with Crippen molar-refractivity contribution < 1.29 is 19.0 Å². The second-order valence-electron chi connectivity index (χ2n) is 4.31. The Kier molecular flexibility index (Phi) is 3.39. The largest absolute Gasteiger partial charge is 0.467 e. The molecule has 3 rings (SSSR count). The fraction of sp³-hybridized carbons (Fsp3) is 0.286. The van der Waals surface area contributed by atoms with Crippen LogP contribution in [0, 0.1) is 0 Å². The summed E-state index contributed by atoms with van der Waals surface area (Å²) in [6, 6.07) is 9.29. The van der Waals surface area contributed by atoms with Gasteiger partial charge in [0, 0.05) is 18.7 Å². The van der Waals surface area contributed by atoms with Gasteiger partial charge in [-0.25, -0.2) is 0 Å². The number of hydrogen-bond acceptors (Lipinski definition) is 5. The number of aliphatic hydroxyl groups excluding tert-OH is 1. The van der Waals surface area contributed by atoms with Gasteiger partial charge in [-0.1, -0.05) is 12.1 Å². The summed E-state index contributed by atoms with van der Waals surface area (Å²) in [4.78, 5) is 0. The minimum Gasteiger partial charge on any atom is -0.467 e. The summed E-state index contributed by atoms with van der Waals surface area (Å²) in [6.07, 6.45) is 0.900. The summed E-state index contributed by atoms with van der Waals surface area (Å²) in [6.45, 7) is 1.28. The SMILES string of the molecule is OC(CNCc1cccc2c1OCO2)c1ccco1. The Balaban J connectivity index is 1.57. The quantitative estimate of drug-likeness (QED) is 0.859. The number of ether oxygens (including phenoxy) is 2. The average Bonchev–Trinajstić information content (AvgIpc) is 3.10. The molecule has 1 aromatic heterocycles. The molecule has 19 heavy (non-hydrogen) atoms. The Morgan fingerprint density at radius 2 is 2.16 bits per heavy atom. The predicted molar refractivity (Wildman–Crippen MR) is 67.9 cm³/mol. The molecular formula is C14H15NO4. The van der Waals surface area contributed by atoms with Gasteiger partial charge in [0.2, 0.25) is 6.79 Å². The van der Waals surface area contributed by atoms with Crippen molar-refractivity contribution in [1.82, 2.24) is 5.32 Å². The predicted octanol–water partition coefficient (Wildman–Crippen LogP) is 1.83. The first-order chi connectivity index (χ1) is 9.34. The Bertz CT molecular complexity index is 538. The first-order valence-corrected chi connectivity index (χ1v) is 6.14. The second kappa shape index (κ2) is 5.34. The number of nitrogens with one attached hydrogen (secondary N) is 1. The molecule has 0 spiro atoms. The van der Waals surface area contributed by atoms with Crippen LogP contribution < -0.4 is 14.8 Å². The molecule has 0 saturated heterocycles. The van der Waals surface area contributed by atoms with Crippen LogP contribution >= 0.6 is 0 Å². The van der Waals surface area contributed by atoms with Crippen molar-refractivity contribution in [3.8, 4) is 11.5 Å². The van der Waals surface area contributed by atoms with Crippen molar-refractivity contribution >= 4 is 0 Å². The molecule has 0 aliphatic carbocycles. The molecule has 100 valence electrons. The lowest BCUT2D eigenvalue weighted by molar-refractivity contribution is 0.147. The number of para-hydroxylation sites is 1. The van der Waals surface area contributed by atoms with Crippen molar-refractivity contribution in [2.45, 2.75) is 12.6 Å². The number of aliphatic hydroxyl groups is 1. The summed E-state index contributed by atoms with van der Waals surface area (Å²) in [5, 5.41) is 13.0. The molecular weight excluding hydrogens is 246 g/mol. The number of hydrogen-bond donors (Lipinski definition) is 2. The van der Waals surface area contributed by atoms with Crippen LogP contribution in [0.5, 0.6) is 11.5 Å². The molecule has 2 aromatic rings. The van der Waals surface area contributed by atoms with Gasteiger partial charge in [-0.3, -0.25) is 0 Å². The summed E-state index contributed by atoms with van der Waals surface area (Å²) < 4.78 is 15.9. The second-order valence-corrected chi connectivity index (χ2v) is 4.31. The van der Waals surface area contributed by atoms with Gasteiger partial charge in [-0.2, -0.15) is 0 Å². The summed E-state index contributed by atoms with van der Waals surface area (Å²) in [7, 11) is 0. The first-order valence-electron chi connectivity index (χ1n) is 6.14. The lowest BCUT2D eigenvalue weighted by atomic mass is 10.2. The van der Waals surface area contributed by atoms with Gasteiger partial charge in [0.15, 0.2) is 11.5 Å². The van der Waals surface area contributed by atoms with Gasteiger partial charge in [-0.05, 0) is 18.2 Å². The van der Waals surface area contributed by atoms with Gasteiger partial charge in [0.1, 0.15) is 11.9 Å². The summed E-state index contributed by atoms with van der Waals surface area (Å²) in [5.74, 6) is 2.11. The molecule has 5 nitrogen and oxygen atoms in total. The van der Waals surface area contributed by atoms with E-state index in [9.17, 15) is 5.11 Å². The van der Waals surface area contributed by atoms with Crippen molar-refractivity contribution in [2.75, 3.05) is 13.3 Å². The van der Waals surface area contributed by atoms with E-state index in [0.717, 1.165) is 17.1 Å². The normalized spacial score (nSPS) is 14.6. The van der Waals surface area contributed by atoms with E-state index in [1.54, 1.807) is 18.4 Å². The van der Waals surface area contributed by atoms with Gasteiger partial charge in [0.25, 0.3) is 0 Å². The molecule has 0 saturated carbocycles. The van der Waals surface area contributed by atoms with Crippen molar-refractivity contribution in [3.63, 3.8) is 0 Å². The van der Waals surface area contributed by atoms with Crippen molar-refractivity contribution in [2.24, 2.45) is 0 Å². The molecule has 1 aliphatic heterocycles. The van der Waals surface area contributed by atoms with Gasteiger partial charge in [-0.15, -0.1) is 0 Å². The van der Waals surface area contributed by atoms with Crippen LogP contribution in [0.25, 0.3) is 0 Å². The molecule has 2 heterocycles. The molecule has 0 bridgehead atoms. The molecule has 0 radical (unpaired) electrons. The van der Waals surface area contributed by atoms with Crippen LogP contribution in [-0.4, -0.2) is 18.4 Å². The van der Waals surface area contributed by atoms with Gasteiger partial charge in [0.05, 0.1) is 6.26 Å². The molecule has 1 aromatic carbocycles. The number of benzene rings is 1. The maximum absolute atomic E-state index is 9.87. The maximum Gasteiger partial charge on any atom is 0.231 e. The highest BCUT2D eigenvalue weighted by Gasteiger charge is 2.17. The van der Waals surface area contributed by atoms with E-state index in [0.29, 0.717) is 18.8 Å². The lowest BCUT2D eigenvalue weighted by Gasteiger charge is -2.10. The molecule has 5 heteroatoms. The minimum absolute atomic E-state index is 0.265. The van der Waals surface area contributed by atoms with Crippen molar-refractivity contribution in [3.05, 3.63) is 47.9 Å². The van der Waals surface area contributed by atoms with Crippen LogP contribution in [0.4, 0.5) is 0 Å². The van der Waals surface area contributed by atoms with Gasteiger partial charge >= 0.3 is 0 Å². The van der Waals surface area contributed by atoms with Crippen LogP contribution in [0.15, 0.2) is 41.0 Å². The smallest absolute Gasteiger partial charge is 0.231 e. The van der Waals surface area contributed by atoms with E-state index in [2.05, 4.69) is 5.32 Å². The fourth-order valence-corrected chi connectivity index (χ4v) is 2.05. The zero-order chi connectivity index (χ0) is 13.1. The molecule has 0 fully saturated rings. The third-order valence-electron chi connectivity index (χ3n) is 3.00. The van der Waals surface area contributed by atoms with Crippen LogP contribution in [-0.2, 0) is 6.54 Å². The average molecular weight is 261 g/mol. The molecule has 2 N–H and O–H groups in total. The Labute approximate surface area is 110 Å². The summed E-state index contributed by atoms with van der Waals surface area (Å²) in [5.41, 5.74) is 1.02. The molecule has 1 atom stereocenters. The fourth-order valence-electron chi connectivity index (χ4n) is 2.05. The van der Waals surface area contributed by atoms with Crippen molar-refractivity contribution in [1.29, 1.82) is 0 Å². The topological polar surface area (TPSA) is 63.9 Å². The maximum atomic E-state index is 9.87. The van der Waals surface area contributed by atoms with E-state index in [1.807, 2.05) is 18.2 Å². The Hall–Kier alpha value is -1.98. The van der Waals surface area contributed by atoms with E-state index in [-0.39, 0.29) is 6.79 Å². The van der Waals surface area contributed by atoms with E-state index >= 15 is 0 Å². The zero-order valence-electron chi connectivity index (χ0n) is 10.3. The van der Waals surface area contributed by atoms with E-state index in [1.165, 1.54) is 0 Å². The van der Waals surface area contributed by atoms with Crippen LogP contribution in [0.2, 0.25) is 0 Å². The number of fused-ring (bicyclic) bond motifs is 1. The Morgan fingerprint density at radius 1 is 1.21 bits per heavy atom. The highest BCUT2D eigenvalue weighted by atomic mass is 16.7.